The van der Waals surface area contributed by atoms with E-state index in [-0.39, 0.29) is 12.0 Å². The summed E-state index contributed by atoms with van der Waals surface area (Å²) in [5.74, 6) is 0.758. The van der Waals surface area contributed by atoms with Gasteiger partial charge >= 0.3 is 0 Å². The molecule has 6 heteroatoms. The normalized spacial score (nSPS) is 12.0. The van der Waals surface area contributed by atoms with E-state index < -0.39 is 0 Å². The number of carbonyl (C=O) groups excluding carboxylic acids is 1. The van der Waals surface area contributed by atoms with E-state index >= 15 is 0 Å². The van der Waals surface area contributed by atoms with Gasteiger partial charge in [0.15, 0.2) is 0 Å². The average molecular weight is 315 g/mol. The van der Waals surface area contributed by atoms with Crippen molar-refractivity contribution in [2.24, 2.45) is 5.73 Å². The molecule has 0 spiro atoms. The van der Waals surface area contributed by atoms with Crippen LogP contribution in [0.4, 0.5) is 0 Å². The molecule has 1 aromatic rings. The van der Waals surface area contributed by atoms with Gasteiger partial charge in [-0.15, -0.1) is 0 Å². The van der Waals surface area contributed by atoms with Gasteiger partial charge in [0.25, 0.3) is 0 Å². The number of rotatable bonds is 9. The predicted octanol–water partition coefficient (Wildman–Crippen LogP) is 1.93. The molecule has 0 aliphatic heterocycles. The minimum atomic E-state index is -0.220. The SMILES string of the molecule is COC(CN)CC(=O)N(C)CCCOc1cccc(Cl)c1. The Morgan fingerprint density at radius 1 is 1.48 bits per heavy atom. The summed E-state index contributed by atoms with van der Waals surface area (Å²) >= 11 is 5.87. The van der Waals surface area contributed by atoms with Crippen LogP contribution in [-0.4, -0.2) is 50.8 Å². The molecule has 1 amide bonds. The van der Waals surface area contributed by atoms with Crippen LogP contribution in [0.1, 0.15) is 12.8 Å². The highest BCUT2D eigenvalue weighted by Crippen LogP contribution is 2.17. The summed E-state index contributed by atoms with van der Waals surface area (Å²) in [4.78, 5) is 13.6. The lowest BCUT2D eigenvalue weighted by Gasteiger charge is -2.20. The van der Waals surface area contributed by atoms with E-state index in [9.17, 15) is 4.79 Å². The molecule has 118 valence electrons. The molecule has 0 aliphatic rings. The Morgan fingerprint density at radius 2 is 2.24 bits per heavy atom. The maximum absolute atomic E-state index is 11.9. The lowest BCUT2D eigenvalue weighted by Crippen LogP contribution is -2.34. The monoisotopic (exact) mass is 314 g/mol. The highest BCUT2D eigenvalue weighted by atomic mass is 35.5. The molecule has 0 aromatic heterocycles. The minimum Gasteiger partial charge on any atom is -0.493 e. The van der Waals surface area contributed by atoms with E-state index in [1.165, 1.54) is 0 Å². The molecule has 1 aromatic carbocycles. The molecule has 0 fully saturated rings. The van der Waals surface area contributed by atoms with Gasteiger partial charge in [-0.3, -0.25) is 4.79 Å². The third kappa shape index (κ3) is 6.80. The van der Waals surface area contributed by atoms with Crippen molar-refractivity contribution in [3.63, 3.8) is 0 Å². The van der Waals surface area contributed by atoms with Crippen LogP contribution in [0.2, 0.25) is 5.02 Å². The number of benzene rings is 1. The summed E-state index contributed by atoms with van der Waals surface area (Å²) in [6, 6.07) is 7.25. The lowest BCUT2D eigenvalue weighted by molar-refractivity contribution is -0.132. The van der Waals surface area contributed by atoms with Crippen LogP contribution in [0, 0.1) is 0 Å². The molecule has 0 aliphatic carbocycles. The van der Waals surface area contributed by atoms with Crippen LogP contribution in [0.3, 0.4) is 0 Å². The molecule has 0 heterocycles. The zero-order valence-corrected chi connectivity index (χ0v) is 13.3. The second-order valence-corrected chi connectivity index (χ2v) is 5.21. The number of methoxy groups -OCH3 is 1. The van der Waals surface area contributed by atoms with Crippen molar-refractivity contribution in [1.82, 2.24) is 4.90 Å². The van der Waals surface area contributed by atoms with Gasteiger partial charge in [-0.05, 0) is 24.6 Å². The predicted molar refractivity (Wildman–Crippen MR) is 83.7 cm³/mol. The van der Waals surface area contributed by atoms with Gasteiger partial charge < -0.3 is 20.1 Å². The first kappa shape index (κ1) is 17.8. The van der Waals surface area contributed by atoms with Gasteiger partial charge in [-0.25, -0.2) is 0 Å². The number of nitrogens with two attached hydrogens (primary N) is 1. The number of nitrogens with zero attached hydrogens (tertiary/aromatic N) is 1. The molecule has 0 saturated carbocycles. The number of halogens is 1. The van der Waals surface area contributed by atoms with Crippen LogP contribution in [0.15, 0.2) is 24.3 Å². The molecule has 0 saturated heterocycles. The highest BCUT2D eigenvalue weighted by Gasteiger charge is 2.14. The largest absolute Gasteiger partial charge is 0.493 e. The van der Waals surface area contributed by atoms with Crippen molar-refractivity contribution in [2.45, 2.75) is 18.9 Å². The van der Waals surface area contributed by atoms with Gasteiger partial charge in [0.05, 0.1) is 19.1 Å². The second kappa shape index (κ2) is 9.60. The zero-order chi connectivity index (χ0) is 15.7. The van der Waals surface area contributed by atoms with Crippen LogP contribution in [0.5, 0.6) is 5.75 Å². The van der Waals surface area contributed by atoms with Gasteiger partial charge in [0.1, 0.15) is 5.75 Å². The van der Waals surface area contributed by atoms with E-state index in [1.54, 1.807) is 31.2 Å². The van der Waals surface area contributed by atoms with Gasteiger partial charge in [-0.2, -0.15) is 0 Å². The fourth-order valence-corrected chi connectivity index (χ4v) is 1.97. The van der Waals surface area contributed by atoms with E-state index in [1.807, 2.05) is 12.1 Å². The summed E-state index contributed by atoms with van der Waals surface area (Å²) in [7, 11) is 3.33. The van der Waals surface area contributed by atoms with Crippen molar-refractivity contribution in [1.29, 1.82) is 0 Å². The third-order valence-electron chi connectivity index (χ3n) is 3.13. The number of hydrogen-bond donors (Lipinski definition) is 1. The molecule has 0 bridgehead atoms. The number of carbonyl (C=O) groups is 1. The van der Waals surface area contributed by atoms with Crippen LogP contribution in [0.25, 0.3) is 0 Å². The average Bonchev–Trinajstić information content (AvgIpc) is 2.48. The number of ether oxygens (including phenoxy) is 2. The van der Waals surface area contributed by atoms with Crippen LogP contribution < -0.4 is 10.5 Å². The molecule has 5 nitrogen and oxygen atoms in total. The van der Waals surface area contributed by atoms with E-state index in [0.717, 1.165) is 12.2 Å². The summed E-state index contributed by atoms with van der Waals surface area (Å²) in [6.45, 7) is 1.50. The summed E-state index contributed by atoms with van der Waals surface area (Å²) in [5, 5.41) is 0.646. The summed E-state index contributed by atoms with van der Waals surface area (Å²) < 4.78 is 10.7. The first-order valence-electron chi connectivity index (χ1n) is 6.92. The number of hydrogen-bond acceptors (Lipinski definition) is 4. The fraction of sp³-hybridized carbons (Fsp3) is 0.533. The maximum atomic E-state index is 11.9. The van der Waals surface area contributed by atoms with Crippen molar-refractivity contribution in [2.75, 3.05) is 33.9 Å². The van der Waals surface area contributed by atoms with Crippen molar-refractivity contribution in [3.05, 3.63) is 29.3 Å². The molecule has 0 radical (unpaired) electrons. The van der Waals surface area contributed by atoms with Crippen LogP contribution in [-0.2, 0) is 9.53 Å². The highest BCUT2D eigenvalue weighted by molar-refractivity contribution is 6.30. The third-order valence-corrected chi connectivity index (χ3v) is 3.36. The Morgan fingerprint density at radius 3 is 2.86 bits per heavy atom. The standard InChI is InChI=1S/C15H23ClN2O3/c1-18(15(19)10-14(11-17)20-2)7-4-8-21-13-6-3-5-12(16)9-13/h3,5-6,9,14H,4,7-8,10-11,17H2,1-2H3. The van der Waals surface area contributed by atoms with Crippen molar-refractivity contribution >= 4 is 17.5 Å². The molecule has 1 unspecified atom stereocenters. The lowest BCUT2D eigenvalue weighted by atomic mass is 10.2. The van der Waals surface area contributed by atoms with Gasteiger partial charge in [0.2, 0.25) is 5.91 Å². The summed E-state index contributed by atoms with van der Waals surface area (Å²) in [6.07, 6.45) is 0.830. The fourth-order valence-electron chi connectivity index (χ4n) is 1.79. The van der Waals surface area contributed by atoms with E-state index in [0.29, 0.717) is 31.1 Å². The molecular formula is C15H23ClN2O3. The molecule has 21 heavy (non-hydrogen) atoms. The summed E-state index contributed by atoms with van der Waals surface area (Å²) in [5.41, 5.74) is 5.50. The minimum absolute atomic E-state index is 0.0232. The van der Waals surface area contributed by atoms with Gasteiger partial charge in [0, 0.05) is 32.3 Å². The smallest absolute Gasteiger partial charge is 0.224 e. The maximum Gasteiger partial charge on any atom is 0.224 e. The van der Waals surface area contributed by atoms with Gasteiger partial charge in [-0.1, -0.05) is 17.7 Å². The second-order valence-electron chi connectivity index (χ2n) is 4.77. The van der Waals surface area contributed by atoms with E-state index in [2.05, 4.69) is 0 Å². The molecule has 2 N–H and O–H groups in total. The quantitative estimate of drug-likeness (QED) is 0.707. The molecule has 1 atom stereocenters. The Balaban J connectivity index is 2.24. The Kier molecular flexibility index (Phi) is 8.12. The number of amides is 1. The van der Waals surface area contributed by atoms with Crippen molar-refractivity contribution in [3.8, 4) is 5.75 Å². The van der Waals surface area contributed by atoms with E-state index in [4.69, 9.17) is 26.8 Å². The first-order chi connectivity index (χ1) is 10.1. The zero-order valence-electron chi connectivity index (χ0n) is 12.5. The molecular weight excluding hydrogens is 292 g/mol. The Bertz CT molecular complexity index is 439. The molecule has 1 rings (SSSR count). The Hall–Kier alpha value is -1.30. The topological polar surface area (TPSA) is 64.8 Å². The van der Waals surface area contributed by atoms with Crippen molar-refractivity contribution < 1.29 is 14.3 Å². The first-order valence-corrected chi connectivity index (χ1v) is 7.29. The Labute approximate surface area is 131 Å². The van der Waals surface area contributed by atoms with Crippen LogP contribution >= 0.6 is 11.6 Å².